The zero-order valence-electron chi connectivity index (χ0n) is 14.3. The molecule has 2 fully saturated rings. The zero-order valence-corrected chi connectivity index (χ0v) is 14.3. The van der Waals surface area contributed by atoms with Gasteiger partial charge in [0.1, 0.15) is 0 Å². The maximum Gasteiger partial charge on any atom is 0.0361 e. The number of hydrogen-bond acceptors (Lipinski definition) is 3. The van der Waals surface area contributed by atoms with Crippen molar-refractivity contribution in [2.45, 2.75) is 44.7 Å². The molecule has 0 aromatic heterocycles. The summed E-state index contributed by atoms with van der Waals surface area (Å²) >= 11 is 0. The molecule has 0 unspecified atom stereocenters. The van der Waals surface area contributed by atoms with Crippen molar-refractivity contribution in [1.29, 1.82) is 0 Å². The molecule has 2 heterocycles. The third-order valence-corrected chi connectivity index (χ3v) is 5.32. The number of piperidine rings is 2. The first-order chi connectivity index (χ1) is 10.7. The molecule has 3 rings (SSSR count). The van der Waals surface area contributed by atoms with Gasteiger partial charge in [-0.1, -0.05) is 18.6 Å². The molecule has 0 spiro atoms. The van der Waals surface area contributed by atoms with Crippen LogP contribution < -0.4 is 4.90 Å². The number of hydrogen-bond donors (Lipinski definition) is 0. The van der Waals surface area contributed by atoms with Crippen molar-refractivity contribution >= 4 is 5.69 Å². The van der Waals surface area contributed by atoms with Crippen LogP contribution in [-0.4, -0.2) is 56.1 Å². The molecule has 0 amide bonds. The van der Waals surface area contributed by atoms with Crippen LogP contribution in [-0.2, 0) is 6.54 Å². The van der Waals surface area contributed by atoms with Crippen LogP contribution in [0.1, 0.15) is 37.7 Å². The summed E-state index contributed by atoms with van der Waals surface area (Å²) in [6.45, 7) is 6.32. The van der Waals surface area contributed by atoms with Gasteiger partial charge in [-0.15, -0.1) is 0 Å². The lowest BCUT2D eigenvalue weighted by Crippen LogP contribution is -2.46. The van der Waals surface area contributed by atoms with E-state index >= 15 is 0 Å². The summed E-state index contributed by atoms with van der Waals surface area (Å²) < 4.78 is 0. The van der Waals surface area contributed by atoms with Gasteiger partial charge in [-0.25, -0.2) is 0 Å². The largest absolute Gasteiger partial charge is 0.378 e. The van der Waals surface area contributed by atoms with E-state index < -0.39 is 0 Å². The second-order valence-corrected chi connectivity index (χ2v) is 7.16. The Labute approximate surface area is 135 Å². The van der Waals surface area contributed by atoms with Crippen LogP contribution in [0.2, 0.25) is 0 Å². The fourth-order valence-corrected chi connectivity index (χ4v) is 3.88. The van der Waals surface area contributed by atoms with E-state index in [2.05, 4.69) is 53.1 Å². The predicted octanol–water partition coefficient (Wildman–Crippen LogP) is 3.20. The number of nitrogens with zero attached hydrogens (tertiary/aromatic N) is 3. The first-order valence-electron chi connectivity index (χ1n) is 8.95. The normalized spacial score (nSPS) is 21.9. The van der Waals surface area contributed by atoms with Crippen molar-refractivity contribution in [3.05, 3.63) is 29.8 Å². The lowest BCUT2D eigenvalue weighted by molar-refractivity contribution is 0.0896. The fraction of sp³-hybridized carbons (Fsp3) is 0.684. The monoisotopic (exact) mass is 301 g/mol. The quantitative estimate of drug-likeness (QED) is 0.845. The van der Waals surface area contributed by atoms with Crippen LogP contribution >= 0.6 is 0 Å². The van der Waals surface area contributed by atoms with Gasteiger partial charge < -0.3 is 9.80 Å². The Morgan fingerprint density at radius 3 is 2.14 bits per heavy atom. The van der Waals surface area contributed by atoms with Gasteiger partial charge in [0.2, 0.25) is 0 Å². The Kier molecular flexibility index (Phi) is 5.37. The van der Waals surface area contributed by atoms with Gasteiger partial charge in [0.15, 0.2) is 0 Å². The van der Waals surface area contributed by atoms with E-state index in [9.17, 15) is 0 Å². The molecule has 0 N–H and O–H groups in total. The minimum atomic E-state index is 0.854. The summed E-state index contributed by atoms with van der Waals surface area (Å²) in [5.41, 5.74) is 2.73. The van der Waals surface area contributed by atoms with E-state index in [0.717, 1.165) is 12.6 Å². The molecule has 22 heavy (non-hydrogen) atoms. The molecule has 1 aromatic carbocycles. The predicted molar refractivity (Wildman–Crippen MR) is 94.5 cm³/mol. The molecule has 2 saturated heterocycles. The average molecular weight is 301 g/mol. The van der Waals surface area contributed by atoms with Crippen LogP contribution in [0.15, 0.2) is 24.3 Å². The van der Waals surface area contributed by atoms with Gasteiger partial charge in [-0.2, -0.15) is 0 Å². The van der Waals surface area contributed by atoms with E-state index in [1.165, 1.54) is 69.5 Å². The zero-order chi connectivity index (χ0) is 15.4. The second-order valence-electron chi connectivity index (χ2n) is 7.16. The highest BCUT2D eigenvalue weighted by Crippen LogP contribution is 2.22. The first-order valence-corrected chi connectivity index (χ1v) is 8.95. The standard InChI is InChI=1S/C19H31N3/c1-20(2)18-8-6-17(7-9-18)16-21-14-10-19(11-15-21)22-12-4-3-5-13-22/h6-9,19H,3-5,10-16H2,1-2H3. The highest BCUT2D eigenvalue weighted by atomic mass is 15.2. The molecule has 0 atom stereocenters. The Bertz CT molecular complexity index is 440. The van der Waals surface area contributed by atoms with Gasteiger partial charge in [0.25, 0.3) is 0 Å². The van der Waals surface area contributed by atoms with E-state index in [1.54, 1.807) is 0 Å². The maximum absolute atomic E-state index is 2.76. The molecular formula is C19H31N3. The van der Waals surface area contributed by atoms with Crippen LogP contribution in [0.25, 0.3) is 0 Å². The topological polar surface area (TPSA) is 9.72 Å². The molecule has 0 radical (unpaired) electrons. The summed E-state index contributed by atoms with van der Waals surface area (Å²) in [6, 6.07) is 9.89. The van der Waals surface area contributed by atoms with Crippen molar-refractivity contribution in [1.82, 2.24) is 9.80 Å². The molecule has 0 saturated carbocycles. The van der Waals surface area contributed by atoms with Crippen LogP contribution in [0.4, 0.5) is 5.69 Å². The van der Waals surface area contributed by atoms with Gasteiger partial charge in [-0.05, 0) is 69.6 Å². The molecule has 3 heteroatoms. The van der Waals surface area contributed by atoms with Crippen molar-refractivity contribution in [2.24, 2.45) is 0 Å². The third-order valence-electron chi connectivity index (χ3n) is 5.32. The average Bonchev–Trinajstić information content (AvgIpc) is 2.57. The highest BCUT2D eigenvalue weighted by Gasteiger charge is 2.25. The van der Waals surface area contributed by atoms with Crippen LogP contribution in [0, 0.1) is 0 Å². The third kappa shape index (κ3) is 4.02. The SMILES string of the molecule is CN(C)c1ccc(CN2CCC(N3CCCCC3)CC2)cc1. The Morgan fingerprint density at radius 2 is 1.55 bits per heavy atom. The minimum Gasteiger partial charge on any atom is -0.378 e. The van der Waals surface area contributed by atoms with Crippen LogP contribution in [0.3, 0.4) is 0 Å². The summed E-state index contributed by atoms with van der Waals surface area (Å²) in [5, 5.41) is 0. The summed E-state index contributed by atoms with van der Waals surface area (Å²) in [4.78, 5) is 7.55. The van der Waals surface area contributed by atoms with Crippen molar-refractivity contribution in [3.8, 4) is 0 Å². The molecule has 2 aliphatic rings. The van der Waals surface area contributed by atoms with E-state index in [4.69, 9.17) is 0 Å². The molecule has 0 aliphatic carbocycles. The van der Waals surface area contributed by atoms with Crippen molar-refractivity contribution < 1.29 is 0 Å². The molecular weight excluding hydrogens is 270 g/mol. The van der Waals surface area contributed by atoms with Crippen molar-refractivity contribution in [3.63, 3.8) is 0 Å². The molecule has 1 aromatic rings. The lowest BCUT2D eigenvalue weighted by Gasteiger charge is -2.40. The fourth-order valence-electron chi connectivity index (χ4n) is 3.88. The molecule has 2 aliphatic heterocycles. The number of benzene rings is 1. The van der Waals surface area contributed by atoms with E-state index in [0.29, 0.717) is 0 Å². The number of rotatable bonds is 4. The summed E-state index contributed by atoms with van der Waals surface area (Å²) in [7, 11) is 4.20. The van der Waals surface area contributed by atoms with Gasteiger partial charge in [0, 0.05) is 32.4 Å². The number of likely N-dealkylation sites (tertiary alicyclic amines) is 2. The number of anilines is 1. The summed E-state index contributed by atoms with van der Waals surface area (Å²) in [5.74, 6) is 0. The van der Waals surface area contributed by atoms with Gasteiger partial charge in [-0.3, -0.25) is 4.90 Å². The molecule has 122 valence electrons. The van der Waals surface area contributed by atoms with E-state index in [-0.39, 0.29) is 0 Å². The van der Waals surface area contributed by atoms with Crippen LogP contribution in [0.5, 0.6) is 0 Å². The molecule has 3 nitrogen and oxygen atoms in total. The van der Waals surface area contributed by atoms with Crippen molar-refractivity contribution in [2.75, 3.05) is 45.2 Å². The van der Waals surface area contributed by atoms with Gasteiger partial charge >= 0.3 is 0 Å². The lowest BCUT2D eigenvalue weighted by atomic mass is 9.99. The Hall–Kier alpha value is -1.06. The maximum atomic E-state index is 2.76. The first kappa shape index (κ1) is 15.8. The summed E-state index contributed by atoms with van der Waals surface area (Å²) in [6.07, 6.45) is 6.99. The minimum absolute atomic E-state index is 0.854. The Morgan fingerprint density at radius 1 is 0.909 bits per heavy atom. The molecule has 0 bridgehead atoms. The Balaban J connectivity index is 1.47. The van der Waals surface area contributed by atoms with E-state index in [1.807, 2.05) is 0 Å². The smallest absolute Gasteiger partial charge is 0.0361 e. The van der Waals surface area contributed by atoms with Gasteiger partial charge in [0.05, 0.1) is 0 Å². The second kappa shape index (κ2) is 7.47. The highest BCUT2D eigenvalue weighted by molar-refractivity contribution is 5.45.